The smallest absolute Gasteiger partial charge is 0.127 e. The normalized spacial score (nSPS) is 20.1. The van der Waals surface area contributed by atoms with Crippen molar-refractivity contribution in [3.8, 4) is 0 Å². The molecule has 0 spiro atoms. The van der Waals surface area contributed by atoms with E-state index in [1.165, 1.54) is 12.1 Å². The van der Waals surface area contributed by atoms with E-state index in [-0.39, 0.29) is 11.7 Å². The Bertz CT molecular complexity index is 386. The van der Waals surface area contributed by atoms with Crippen LogP contribution in [0.25, 0.3) is 0 Å². The number of carbonyl (C=O) groups excluding carboxylic acids is 1. The van der Waals surface area contributed by atoms with Crippen molar-refractivity contribution in [2.75, 3.05) is 20.1 Å². The first kappa shape index (κ1) is 12.2. The minimum atomic E-state index is -0.262. The second-order valence-electron chi connectivity index (χ2n) is 4.86. The van der Waals surface area contributed by atoms with Crippen LogP contribution in [0.15, 0.2) is 24.3 Å². The highest BCUT2D eigenvalue weighted by Gasteiger charge is 2.26. The first-order valence-corrected chi connectivity index (χ1v) is 6.10. The minimum Gasteiger partial charge on any atom is -0.306 e. The van der Waals surface area contributed by atoms with Crippen LogP contribution < -0.4 is 0 Å². The Morgan fingerprint density at radius 3 is 2.71 bits per heavy atom. The van der Waals surface area contributed by atoms with Gasteiger partial charge in [0.25, 0.3) is 0 Å². The molecular formula is C14H18FNO. The summed E-state index contributed by atoms with van der Waals surface area (Å²) in [4.78, 5) is 13.5. The SMILES string of the molecule is CN1CCC(C(C=O)c2cccc(F)c2)CC1. The molecule has 1 fully saturated rings. The van der Waals surface area contributed by atoms with Gasteiger partial charge in [-0.1, -0.05) is 12.1 Å². The van der Waals surface area contributed by atoms with E-state index >= 15 is 0 Å². The van der Waals surface area contributed by atoms with Gasteiger partial charge in [-0.05, 0) is 56.6 Å². The lowest BCUT2D eigenvalue weighted by Crippen LogP contribution is -2.33. The zero-order valence-corrected chi connectivity index (χ0v) is 10.1. The summed E-state index contributed by atoms with van der Waals surface area (Å²) in [6.07, 6.45) is 3.00. The average Bonchev–Trinajstić information content (AvgIpc) is 2.33. The first-order chi connectivity index (χ1) is 8.20. The van der Waals surface area contributed by atoms with Crippen molar-refractivity contribution in [2.45, 2.75) is 18.8 Å². The number of rotatable bonds is 3. The van der Waals surface area contributed by atoms with Crippen LogP contribution >= 0.6 is 0 Å². The number of nitrogens with zero attached hydrogens (tertiary/aromatic N) is 1. The topological polar surface area (TPSA) is 20.3 Å². The Kier molecular flexibility index (Phi) is 3.89. The lowest BCUT2D eigenvalue weighted by atomic mass is 9.81. The van der Waals surface area contributed by atoms with Gasteiger partial charge in [0, 0.05) is 5.92 Å². The van der Waals surface area contributed by atoms with E-state index in [2.05, 4.69) is 11.9 Å². The molecule has 92 valence electrons. The van der Waals surface area contributed by atoms with Crippen LogP contribution in [-0.2, 0) is 4.79 Å². The van der Waals surface area contributed by atoms with Crippen LogP contribution in [0.4, 0.5) is 4.39 Å². The molecule has 1 aromatic carbocycles. The molecule has 1 aliphatic rings. The fraction of sp³-hybridized carbons (Fsp3) is 0.500. The lowest BCUT2D eigenvalue weighted by Gasteiger charge is -2.32. The Morgan fingerprint density at radius 2 is 2.12 bits per heavy atom. The fourth-order valence-electron chi connectivity index (χ4n) is 2.56. The molecule has 0 aliphatic carbocycles. The number of benzene rings is 1. The van der Waals surface area contributed by atoms with Crippen molar-refractivity contribution < 1.29 is 9.18 Å². The number of piperidine rings is 1. The highest BCUT2D eigenvalue weighted by atomic mass is 19.1. The van der Waals surface area contributed by atoms with E-state index in [0.29, 0.717) is 5.92 Å². The molecule has 1 unspecified atom stereocenters. The van der Waals surface area contributed by atoms with Crippen LogP contribution in [0.2, 0.25) is 0 Å². The molecule has 0 radical (unpaired) electrons. The number of hydrogen-bond acceptors (Lipinski definition) is 2. The van der Waals surface area contributed by atoms with Crippen LogP contribution in [-0.4, -0.2) is 31.3 Å². The Labute approximate surface area is 101 Å². The molecule has 2 rings (SSSR count). The first-order valence-electron chi connectivity index (χ1n) is 6.10. The summed E-state index contributed by atoms with van der Waals surface area (Å²) in [6.45, 7) is 2.04. The Hall–Kier alpha value is -1.22. The molecule has 0 amide bonds. The molecule has 17 heavy (non-hydrogen) atoms. The molecule has 1 heterocycles. The molecule has 1 saturated heterocycles. The van der Waals surface area contributed by atoms with E-state index in [4.69, 9.17) is 0 Å². The maximum atomic E-state index is 13.2. The van der Waals surface area contributed by atoms with E-state index in [1.807, 2.05) is 6.07 Å². The van der Waals surface area contributed by atoms with Gasteiger partial charge in [0.05, 0.1) is 0 Å². The maximum absolute atomic E-state index is 13.2. The summed E-state index contributed by atoms with van der Waals surface area (Å²) in [5.41, 5.74) is 0.814. The van der Waals surface area contributed by atoms with Gasteiger partial charge in [0.15, 0.2) is 0 Å². The van der Waals surface area contributed by atoms with Crippen molar-refractivity contribution in [2.24, 2.45) is 5.92 Å². The van der Waals surface area contributed by atoms with Gasteiger partial charge in [-0.3, -0.25) is 0 Å². The van der Waals surface area contributed by atoms with Crippen molar-refractivity contribution in [3.05, 3.63) is 35.6 Å². The number of carbonyl (C=O) groups is 1. The molecule has 1 aliphatic heterocycles. The summed E-state index contributed by atoms with van der Waals surface area (Å²) in [5.74, 6) is -0.0628. The van der Waals surface area contributed by atoms with Crippen LogP contribution in [0.5, 0.6) is 0 Å². The van der Waals surface area contributed by atoms with Gasteiger partial charge >= 0.3 is 0 Å². The standard InChI is InChI=1S/C14H18FNO/c1-16-7-5-11(6-8-16)14(10-17)12-3-2-4-13(15)9-12/h2-4,9-11,14H,5-8H2,1H3. The molecule has 0 bridgehead atoms. The predicted octanol–water partition coefficient (Wildman–Crippen LogP) is 2.45. The third-order valence-corrected chi connectivity index (χ3v) is 3.65. The molecule has 0 aromatic heterocycles. The Morgan fingerprint density at radius 1 is 1.41 bits per heavy atom. The van der Waals surface area contributed by atoms with Gasteiger partial charge in [0.1, 0.15) is 12.1 Å². The van der Waals surface area contributed by atoms with Gasteiger partial charge in [-0.15, -0.1) is 0 Å². The van der Waals surface area contributed by atoms with E-state index in [0.717, 1.165) is 37.8 Å². The number of aldehydes is 1. The van der Waals surface area contributed by atoms with Crippen molar-refractivity contribution in [1.82, 2.24) is 4.90 Å². The van der Waals surface area contributed by atoms with Gasteiger partial charge < -0.3 is 9.69 Å². The van der Waals surface area contributed by atoms with E-state index in [1.54, 1.807) is 6.07 Å². The summed E-state index contributed by atoms with van der Waals surface area (Å²) >= 11 is 0. The van der Waals surface area contributed by atoms with Crippen molar-refractivity contribution >= 4 is 6.29 Å². The lowest BCUT2D eigenvalue weighted by molar-refractivity contribution is -0.110. The Balaban J connectivity index is 2.13. The molecule has 1 atom stereocenters. The van der Waals surface area contributed by atoms with E-state index in [9.17, 15) is 9.18 Å². The summed E-state index contributed by atoms with van der Waals surface area (Å²) in [6, 6.07) is 6.42. The van der Waals surface area contributed by atoms with Crippen LogP contribution in [0.1, 0.15) is 24.3 Å². The highest BCUT2D eigenvalue weighted by molar-refractivity contribution is 5.62. The number of hydrogen-bond donors (Lipinski definition) is 0. The molecule has 0 N–H and O–H groups in total. The minimum absolute atomic E-state index is 0.153. The largest absolute Gasteiger partial charge is 0.306 e. The summed E-state index contributed by atoms with van der Waals surface area (Å²) < 4.78 is 13.2. The van der Waals surface area contributed by atoms with Gasteiger partial charge in [-0.25, -0.2) is 4.39 Å². The van der Waals surface area contributed by atoms with Crippen molar-refractivity contribution in [3.63, 3.8) is 0 Å². The van der Waals surface area contributed by atoms with Crippen LogP contribution in [0, 0.1) is 11.7 Å². The highest BCUT2D eigenvalue weighted by Crippen LogP contribution is 2.31. The number of likely N-dealkylation sites (tertiary alicyclic amines) is 1. The third kappa shape index (κ3) is 2.91. The molecule has 1 aromatic rings. The monoisotopic (exact) mass is 235 g/mol. The molecule has 0 saturated carbocycles. The second-order valence-corrected chi connectivity index (χ2v) is 4.86. The van der Waals surface area contributed by atoms with Gasteiger partial charge in [0.2, 0.25) is 0 Å². The fourth-order valence-corrected chi connectivity index (χ4v) is 2.56. The quantitative estimate of drug-likeness (QED) is 0.750. The summed E-state index contributed by atoms with van der Waals surface area (Å²) in [5, 5.41) is 0. The van der Waals surface area contributed by atoms with Crippen molar-refractivity contribution in [1.29, 1.82) is 0 Å². The molecule has 3 heteroatoms. The van der Waals surface area contributed by atoms with E-state index < -0.39 is 0 Å². The molecular weight excluding hydrogens is 217 g/mol. The number of halogens is 1. The maximum Gasteiger partial charge on any atom is 0.127 e. The average molecular weight is 235 g/mol. The van der Waals surface area contributed by atoms with Crippen LogP contribution in [0.3, 0.4) is 0 Å². The third-order valence-electron chi connectivity index (χ3n) is 3.65. The zero-order valence-electron chi connectivity index (χ0n) is 10.1. The second kappa shape index (κ2) is 5.41. The summed E-state index contributed by atoms with van der Waals surface area (Å²) in [7, 11) is 2.09. The predicted molar refractivity (Wildman–Crippen MR) is 65.4 cm³/mol. The molecule has 2 nitrogen and oxygen atoms in total. The zero-order chi connectivity index (χ0) is 12.3. The van der Waals surface area contributed by atoms with Gasteiger partial charge in [-0.2, -0.15) is 0 Å².